The zero-order chi connectivity index (χ0) is 41.4. The second-order valence-electron chi connectivity index (χ2n) is 17.7. The van der Waals surface area contributed by atoms with E-state index < -0.39 is 5.41 Å². The predicted molar refractivity (Wildman–Crippen MR) is 257 cm³/mol. The van der Waals surface area contributed by atoms with E-state index in [-0.39, 0.29) is 17.6 Å². The fourth-order valence-corrected chi connectivity index (χ4v) is 11.1. The van der Waals surface area contributed by atoms with Gasteiger partial charge in [0.05, 0.1) is 11.5 Å². The molecule has 2 N–H and O–H groups in total. The highest BCUT2D eigenvalue weighted by atomic mass is 15.2. The molecule has 0 saturated heterocycles. The minimum absolute atomic E-state index is 0.0877. The number of hydrogen-bond acceptors (Lipinski definition) is 2. The maximum atomic E-state index is 4.06. The van der Waals surface area contributed by atoms with E-state index >= 15 is 0 Å². The van der Waals surface area contributed by atoms with Crippen LogP contribution >= 0.6 is 0 Å². The van der Waals surface area contributed by atoms with E-state index in [1.54, 1.807) is 0 Å². The summed E-state index contributed by atoms with van der Waals surface area (Å²) in [6.07, 6.45) is 2.30. The van der Waals surface area contributed by atoms with Gasteiger partial charge in [-0.3, -0.25) is 5.32 Å². The Morgan fingerprint density at radius 3 is 1.68 bits per heavy atom. The zero-order valence-electron chi connectivity index (χ0n) is 34.9. The predicted octanol–water partition coefficient (Wildman–Crippen LogP) is 14.1. The molecular formula is C60H46N2. The molecule has 2 nitrogen and oxygen atoms in total. The van der Waals surface area contributed by atoms with Gasteiger partial charge in [0, 0.05) is 16.7 Å². The van der Waals surface area contributed by atoms with Crippen molar-refractivity contribution in [1.82, 2.24) is 10.6 Å². The Labute approximate surface area is 364 Å². The van der Waals surface area contributed by atoms with E-state index in [4.69, 9.17) is 0 Å². The summed E-state index contributed by atoms with van der Waals surface area (Å²) in [5, 5.41) is 10.6. The van der Waals surface area contributed by atoms with Crippen molar-refractivity contribution in [2.24, 2.45) is 0 Å². The van der Waals surface area contributed by atoms with Crippen LogP contribution in [0.4, 0.5) is 0 Å². The van der Waals surface area contributed by atoms with E-state index in [0.29, 0.717) is 0 Å². The molecule has 1 aliphatic heterocycles. The molecule has 0 bridgehead atoms. The summed E-state index contributed by atoms with van der Waals surface area (Å²) >= 11 is 0. The molecule has 2 unspecified atom stereocenters. The Bertz CT molecular complexity index is 3180. The molecule has 0 spiro atoms. The van der Waals surface area contributed by atoms with Gasteiger partial charge in [-0.15, -0.1) is 0 Å². The molecule has 0 saturated carbocycles. The fourth-order valence-electron chi connectivity index (χ4n) is 11.1. The summed E-state index contributed by atoms with van der Waals surface area (Å²) in [6.45, 7) is 4.76. The monoisotopic (exact) mass is 794 g/mol. The Balaban J connectivity index is 1.05. The zero-order valence-corrected chi connectivity index (χ0v) is 34.9. The Kier molecular flexibility index (Phi) is 8.36. The topological polar surface area (TPSA) is 24.1 Å². The van der Waals surface area contributed by atoms with Crippen molar-refractivity contribution in [2.75, 3.05) is 0 Å². The van der Waals surface area contributed by atoms with Gasteiger partial charge < -0.3 is 5.32 Å². The van der Waals surface area contributed by atoms with Gasteiger partial charge in [0.15, 0.2) is 0 Å². The van der Waals surface area contributed by atoms with Gasteiger partial charge in [0.2, 0.25) is 0 Å². The van der Waals surface area contributed by atoms with Gasteiger partial charge >= 0.3 is 0 Å². The number of hydrogen-bond donors (Lipinski definition) is 2. The highest BCUT2D eigenvalue weighted by Gasteiger charge is 2.46. The first kappa shape index (κ1) is 36.6. The molecule has 2 atom stereocenters. The molecule has 12 rings (SSSR count). The van der Waals surface area contributed by atoms with E-state index in [1.807, 2.05) is 0 Å². The Morgan fingerprint density at radius 1 is 0.387 bits per heavy atom. The molecule has 62 heavy (non-hydrogen) atoms. The van der Waals surface area contributed by atoms with Crippen molar-refractivity contribution in [2.45, 2.75) is 36.9 Å². The summed E-state index contributed by atoms with van der Waals surface area (Å²) in [4.78, 5) is 0. The summed E-state index contributed by atoms with van der Waals surface area (Å²) in [6, 6.07) is 78.7. The van der Waals surface area contributed by atoms with Gasteiger partial charge in [0.25, 0.3) is 0 Å². The van der Waals surface area contributed by atoms with Crippen molar-refractivity contribution >= 4 is 16.5 Å². The van der Waals surface area contributed by atoms with Crippen LogP contribution in [0.15, 0.2) is 218 Å². The van der Waals surface area contributed by atoms with Crippen LogP contribution in [-0.2, 0) is 10.8 Å². The lowest BCUT2D eigenvalue weighted by molar-refractivity contribution is 0.442. The maximum Gasteiger partial charge on any atom is 0.104 e. The molecular weight excluding hydrogens is 749 g/mol. The van der Waals surface area contributed by atoms with Crippen LogP contribution in [0.3, 0.4) is 0 Å². The summed E-state index contributed by atoms with van der Waals surface area (Å²) < 4.78 is 0. The second kappa shape index (κ2) is 14.2. The molecule has 0 fully saturated rings. The van der Waals surface area contributed by atoms with E-state index in [9.17, 15) is 0 Å². The van der Waals surface area contributed by atoms with E-state index in [0.717, 1.165) is 5.70 Å². The van der Waals surface area contributed by atoms with Crippen LogP contribution in [0.5, 0.6) is 0 Å². The number of benzene rings is 9. The normalized spacial score (nSPS) is 17.6. The average molecular weight is 795 g/mol. The Morgan fingerprint density at radius 2 is 0.952 bits per heavy atom. The number of fused-ring (bicyclic) bond motifs is 7. The third-order valence-electron chi connectivity index (χ3n) is 14.0. The van der Waals surface area contributed by atoms with Crippen molar-refractivity contribution in [3.63, 3.8) is 0 Å². The fraction of sp³-hybridized carbons (Fsp3) is 0.100. The minimum Gasteiger partial charge on any atom is -0.366 e. The molecule has 9 aromatic rings. The Hall–Kier alpha value is -7.26. The molecule has 1 heterocycles. The lowest BCUT2D eigenvalue weighted by atomic mass is 9.67. The first-order valence-electron chi connectivity index (χ1n) is 21.9. The number of rotatable bonds is 6. The smallest absolute Gasteiger partial charge is 0.104 e. The third kappa shape index (κ3) is 5.46. The molecule has 296 valence electrons. The highest BCUT2D eigenvalue weighted by Crippen LogP contribution is 2.57. The van der Waals surface area contributed by atoms with Gasteiger partial charge in [-0.05, 0) is 107 Å². The quantitative estimate of drug-likeness (QED) is 0.175. The largest absolute Gasteiger partial charge is 0.366 e. The first-order chi connectivity index (χ1) is 30.5. The molecule has 3 aliphatic rings. The van der Waals surface area contributed by atoms with Gasteiger partial charge in [0.1, 0.15) is 6.17 Å². The standard InChI is InChI=1S/C60H46N2/c1-59(2)52-32-18-30-49(57(52)50-35-40-21-12-13-22-41(40)36-53(50)59)45-27-14-15-29-48(45)56-38-55(61-58(62-56)39-19-6-3-7-20-39)42-33-34-47-46-28-16-17-31-51(46)60(54(47)37-42,43-23-8-4-9-24-43)44-25-10-5-11-26-44/h3-38,55,58,61-62H,1-2H3. The van der Waals surface area contributed by atoms with Crippen LogP contribution in [0.1, 0.15) is 76.1 Å². The lowest BCUT2D eigenvalue weighted by Gasteiger charge is -2.36. The van der Waals surface area contributed by atoms with E-state index in [1.165, 1.54) is 94.2 Å². The second-order valence-corrected chi connectivity index (χ2v) is 17.7. The lowest BCUT2D eigenvalue weighted by Crippen LogP contribution is -2.39. The van der Waals surface area contributed by atoms with Crippen molar-refractivity contribution in [1.29, 1.82) is 0 Å². The molecule has 0 amide bonds. The summed E-state index contributed by atoms with van der Waals surface area (Å²) in [7, 11) is 0. The van der Waals surface area contributed by atoms with Crippen molar-refractivity contribution in [3.8, 4) is 33.4 Å². The first-order valence-corrected chi connectivity index (χ1v) is 21.9. The van der Waals surface area contributed by atoms with Gasteiger partial charge in [-0.1, -0.05) is 214 Å². The molecule has 0 aromatic heterocycles. The van der Waals surface area contributed by atoms with Gasteiger partial charge in [-0.2, -0.15) is 0 Å². The van der Waals surface area contributed by atoms with Crippen LogP contribution < -0.4 is 10.6 Å². The van der Waals surface area contributed by atoms with Crippen molar-refractivity contribution < 1.29 is 0 Å². The van der Waals surface area contributed by atoms with Crippen LogP contribution in [0.2, 0.25) is 0 Å². The maximum absolute atomic E-state index is 4.06. The molecule has 2 heteroatoms. The number of nitrogens with one attached hydrogen (secondary N) is 2. The SMILES string of the molecule is CC1(C)c2cc3ccccc3cc2-c2c(-c3ccccc3C3=CC(c4ccc5c(c4)C(c4ccccc4)(c4ccccc4)c4ccccc4-5)NC(c4ccccc4)N3)cccc21. The van der Waals surface area contributed by atoms with Crippen LogP contribution in [0.25, 0.3) is 49.9 Å². The average Bonchev–Trinajstić information content (AvgIpc) is 3.76. The van der Waals surface area contributed by atoms with Crippen LogP contribution in [-0.4, -0.2) is 0 Å². The van der Waals surface area contributed by atoms with E-state index in [2.05, 4.69) is 243 Å². The van der Waals surface area contributed by atoms with Crippen LogP contribution in [0, 0.1) is 0 Å². The summed E-state index contributed by atoms with van der Waals surface area (Å²) in [5.74, 6) is 0. The molecule has 9 aromatic carbocycles. The minimum atomic E-state index is -0.474. The third-order valence-corrected chi connectivity index (χ3v) is 14.0. The summed E-state index contributed by atoms with van der Waals surface area (Å²) in [5.41, 5.74) is 19.8. The van der Waals surface area contributed by atoms with Gasteiger partial charge in [-0.25, -0.2) is 0 Å². The van der Waals surface area contributed by atoms with Crippen molar-refractivity contribution in [3.05, 3.63) is 268 Å². The highest BCUT2D eigenvalue weighted by molar-refractivity contribution is 6.00. The molecule has 2 aliphatic carbocycles. The molecule has 0 radical (unpaired) electrons.